The Morgan fingerprint density at radius 1 is 1.06 bits per heavy atom. The van der Waals surface area contributed by atoms with Gasteiger partial charge in [-0.05, 0) is 19.1 Å². The van der Waals surface area contributed by atoms with E-state index in [4.69, 9.17) is 4.52 Å². The molecule has 1 amide bonds. The van der Waals surface area contributed by atoms with Gasteiger partial charge in [-0.3, -0.25) is 14.6 Å². The highest BCUT2D eigenvalue weighted by molar-refractivity contribution is 5.95. The van der Waals surface area contributed by atoms with E-state index in [0.29, 0.717) is 31.3 Å². The van der Waals surface area contributed by atoms with Gasteiger partial charge in [0, 0.05) is 44.0 Å². The van der Waals surface area contributed by atoms with Gasteiger partial charge < -0.3 is 9.42 Å². The van der Waals surface area contributed by atoms with Crippen molar-refractivity contribution in [1.82, 2.24) is 19.9 Å². The van der Waals surface area contributed by atoms with Crippen molar-refractivity contribution in [3.8, 4) is 11.4 Å². The van der Waals surface area contributed by atoms with Gasteiger partial charge in [0.25, 0.3) is 0 Å². The van der Waals surface area contributed by atoms with Crippen molar-refractivity contribution < 1.29 is 9.32 Å². The Hall–Kier alpha value is -3.29. The van der Waals surface area contributed by atoms with Crippen LogP contribution in [0.25, 0.3) is 11.4 Å². The van der Waals surface area contributed by atoms with Crippen LogP contribution < -0.4 is 4.90 Å². The number of para-hydroxylation sites is 1. The molecule has 4 rings (SSSR count). The Morgan fingerprint density at radius 3 is 2.44 bits per heavy atom. The molecule has 0 saturated carbocycles. The molecule has 166 valence electrons. The number of nitrogens with zero attached hydrogens (tertiary/aromatic N) is 5. The third kappa shape index (κ3) is 5.49. The summed E-state index contributed by atoms with van der Waals surface area (Å²) in [5.74, 6) is 1.32. The lowest BCUT2D eigenvalue weighted by atomic mass is 10.1. The number of anilines is 1. The van der Waals surface area contributed by atoms with Crippen molar-refractivity contribution >= 4 is 11.6 Å². The van der Waals surface area contributed by atoms with Crippen LogP contribution in [0.15, 0.2) is 71.8 Å². The second-order valence-electron chi connectivity index (χ2n) is 8.06. The third-order valence-electron chi connectivity index (χ3n) is 5.64. The van der Waals surface area contributed by atoms with Gasteiger partial charge in [-0.25, -0.2) is 0 Å². The maximum absolute atomic E-state index is 12.9. The number of benzene rings is 2. The lowest BCUT2D eigenvalue weighted by molar-refractivity contribution is -0.120. The van der Waals surface area contributed by atoms with E-state index in [1.54, 1.807) is 11.0 Å². The molecule has 1 fully saturated rings. The third-order valence-corrected chi connectivity index (χ3v) is 5.64. The summed E-state index contributed by atoms with van der Waals surface area (Å²) in [6.07, 6.45) is 1.76. The number of piperazine rings is 1. The molecule has 1 aliphatic heterocycles. The van der Waals surface area contributed by atoms with Gasteiger partial charge in [0.15, 0.2) is 0 Å². The van der Waals surface area contributed by atoms with E-state index in [1.807, 2.05) is 54.6 Å². The van der Waals surface area contributed by atoms with Crippen LogP contribution in [0.2, 0.25) is 0 Å². The van der Waals surface area contributed by atoms with Crippen molar-refractivity contribution in [1.29, 1.82) is 0 Å². The number of aromatic nitrogens is 2. The summed E-state index contributed by atoms with van der Waals surface area (Å²) >= 11 is 0. The van der Waals surface area contributed by atoms with Gasteiger partial charge in [-0.2, -0.15) is 4.98 Å². The van der Waals surface area contributed by atoms with Gasteiger partial charge in [-0.1, -0.05) is 59.3 Å². The number of hydrogen-bond acceptors (Lipinski definition) is 6. The monoisotopic (exact) mass is 431 g/mol. The molecule has 1 aromatic heterocycles. The summed E-state index contributed by atoms with van der Waals surface area (Å²) in [6.45, 7) is 10.7. The number of aryl methyl sites for hydroxylation is 1. The molecular weight excluding hydrogens is 402 g/mol. The SMILES string of the molecule is C=CCN(C(=O)CN1CCN(Cc2nc(-c3ccc(C)cc3)no2)CC1)c1ccccc1. The summed E-state index contributed by atoms with van der Waals surface area (Å²) in [5, 5.41) is 4.12. The normalized spacial score (nSPS) is 14.9. The lowest BCUT2D eigenvalue weighted by Crippen LogP contribution is -2.49. The molecule has 0 unspecified atom stereocenters. The average molecular weight is 432 g/mol. The van der Waals surface area contributed by atoms with Gasteiger partial charge in [0.2, 0.25) is 17.6 Å². The molecule has 0 spiro atoms. The summed E-state index contributed by atoms with van der Waals surface area (Å²) in [6, 6.07) is 17.8. The standard InChI is InChI=1S/C25H29N5O2/c1-3-13-30(22-7-5-4-6-8-22)24(31)19-29-16-14-28(15-17-29)18-23-26-25(27-32-23)21-11-9-20(2)10-12-21/h3-12H,1,13-19H2,2H3. The Bertz CT molecular complexity index is 1020. The molecule has 1 saturated heterocycles. The molecule has 0 N–H and O–H groups in total. The molecule has 1 aliphatic rings. The van der Waals surface area contributed by atoms with Gasteiger partial charge >= 0.3 is 0 Å². The van der Waals surface area contributed by atoms with Crippen LogP contribution >= 0.6 is 0 Å². The van der Waals surface area contributed by atoms with Crippen LogP contribution in [-0.4, -0.2) is 65.1 Å². The van der Waals surface area contributed by atoms with Crippen LogP contribution in [-0.2, 0) is 11.3 Å². The van der Waals surface area contributed by atoms with Crippen LogP contribution in [0.1, 0.15) is 11.5 Å². The largest absolute Gasteiger partial charge is 0.338 e. The molecule has 7 nitrogen and oxygen atoms in total. The minimum Gasteiger partial charge on any atom is -0.338 e. The van der Waals surface area contributed by atoms with Crippen molar-refractivity contribution in [3.05, 3.63) is 78.7 Å². The number of hydrogen-bond donors (Lipinski definition) is 0. The van der Waals surface area contributed by atoms with Crippen molar-refractivity contribution in [2.24, 2.45) is 0 Å². The first kappa shape index (κ1) is 21.9. The highest BCUT2D eigenvalue weighted by atomic mass is 16.5. The van der Waals surface area contributed by atoms with E-state index in [-0.39, 0.29) is 5.91 Å². The highest BCUT2D eigenvalue weighted by Crippen LogP contribution is 2.18. The molecule has 2 aromatic carbocycles. The summed E-state index contributed by atoms with van der Waals surface area (Å²) in [7, 11) is 0. The topological polar surface area (TPSA) is 65.7 Å². The van der Waals surface area contributed by atoms with E-state index in [9.17, 15) is 4.79 Å². The average Bonchev–Trinajstić information content (AvgIpc) is 3.28. The maximum Gasteiger partial charge on any atom is 0.241 e. The van der Waals surface area contributed by atoms with E-state index in [0.717, 1.165) is 37.4 Å². The van der Waals surface area contributed by atoms with E-state index in [1.165, 1.54) is 5.56 Å². The zero-order valence-corrected chi connectivity index (χ0v) is 18.5. The molecule has 0 aliphatic carbocycles. The molecule has 3 aromatic rings. The zero-order valence-electron chi connectivity index (χ0n) is 18.5. The number of carbonyl (C=O) groups excluding carboxylic acids is 1. The minimum atomic E-state index is 0.0872. The summed E-state index contributed by atoms with van der Waals surface area (Å²) < 4.78 is 5.46. The predicted octanol–water partition coefficient (Wildman–Crippen LogP) is 3.38. The zero-order chi connectivity index (χ0) is 22.3. The fourth-order valence-corrected chi connectivity index (χ4v) is 3.80. The van der Waals surface area contributed by atoms with Gasteiger partial charge in [-0.15, -0.1) is 6.58 Å². The number of rotatable bonds is 8. The molecule has 2 heterocycles. The summed E-state index contributed by atoms with van der Waals surface area (Å²) in [4.78, 5) is 23.7. The lowest BCUT2D eigenvalue weighted by Gasteiger charge is -2.34. The number of amides is 1. The van der Waals surface area contributed by atoms with Gasteiger partial charge in [0.1, 0.15) is 0 Å². The van der Waals surface area contributed by atoms with Crippen molar-refractivity contribution in [2.45, 2.75) is 13.5 Å². The van der Waals surface area contributed by atoms with Crippen LogP contribution in [0.3, 0.4) is 0 Å². The van der Waals surface area contributed by atoms with E-state index >= 15 is 0 Å². The Morgan fingerprint density at radius 2 is 1.75 bits per heavy atom. The molecule has 0 atom stereocenters. The Balaban J connectivity index is 1.28. The minimum absolute atomic E-state index is 0.0872. The summed E-state index contributed by atoms with van der Waals surface area (Å²) in [5.41, 5.74) is 3.05. The van der Waals surface area contributed by atoms with Gasteiger partial charge in [0.05, 0.1) is 13.1 Å². The highest BCUT2D eigenvalue weighted by Gasteiger charge is 2.23. The second kappa shape index (κ2) is 10.3. The first-order chi connectivity index (χ1) is 15.6. The Kier molecular flexibility index (Phi) is 7.09. The second-order valence-corrected chi connectivity index (χ2v) is 8.06. The quantitative estimate of drug-likeness (QED) is 0.510. The Labute approximate surface area is 188 Å². The van der Waals surface area contributed by atoms with Crippen LogP contribution in [0, 0.1) is 6.92 Å². The smallest absolute Gasteiger partial charge is 0.241 e. The number of carbonyl (C=O) groups is 1. The first-order valence-corrected chi connectivity index (χ1v) is 10.9. The molecule has 0 radical (unpaired) electrons. The van der Waals surface area contributed by atoms with E-state index < -0.39 is 0 Å². The van der Waals surface area contributed by atoms with E-state index in [2.05, 4.69) is 33.4 Å². The maximum atomic E-state index is 12.9. The molecule has 32 heavy (non-hydrogen) atoms. The fourth-order valence-electron chi connectivity index (χ4n) is 3.80. The fraction of sp³-hybridized carbons (Fsp3) is 0.320. The molecule has 0 bridgehead atoms. The van der Waals surface area contributed by atoms with Crippen molar-refractivity contribution in [3.63, 3.8) is 0 Å². The molecule has 7 heteroatoms. The van der Waals surface area contributed by atoms with Crippen LogP contribution in [0.4, 0.5) is 5.69 Å². The van der Waals surface area contributed by atoms with Crippen LogP contribution in [0.5, 0.6) is 0 Å². The molecular formula is C25H29N5O2. The first-order valence-electron chi connectivity index (χ1n) is 10.9. The van der Waals surface area contributed by atoms with Crippen molar-refractivity contribution in [2.75, 3.05) is 44.2 Å². The predicted molar refractivity (Wildman–Crippen MR) is 125 cm³/mol.